The van der Waals surface area contributed by atoms with Crippen molar-refractivity contribution in [1.29, 1.82) is 0 Å². The molecule has 1 aromatic heterocycles. The zero-order valence-corrected chi connectivity index (χ0v) is 20.8. The van der Waals surface area contributed by atoms with E-state index in [-0.39, 0.29) is 12.3 Å². The van der Waals surface area contributed by atoms with E-state index in [1.807, 2.05) is 6.20 Å². The third-order valence-electron chi connectivity index (χ3n) is 7.83. The van der Waals surface area contributed by atoms with Crippen molar-refractivity contribution in [3.63, 3.8) is 0 Å². The maximum Gasteiger partial charge on any atom is 0.303 e. The molecule has 2 aliphatic rings. The quantitative estimate of drug-likeness (QED) is 0.461. The molecule has 0 amide bonds. The Kier molecular flexibility index (Phi) is 6.85. The van der Waals surface area contributed by atoms with Crippen LogP contribution < -0.4 is 4.90 Å². The highest BCUT2D eigenvalue weighted by Gasteiger charge is 2.26. The largest absolute Gasteiger partial charge is 0.481 e. The van der Waals surface area contributed by atoms with E-state index in [2.05, 4.69) is 66.2 Å². The molecule has 182 valence electrons. The van der Waals surface area contributed by atoms with Gasteiger partial charge in [0.1, 0.15) is 5.82 Å². The lowest BCUT2D eigenvalue weighted by Crippen LogP contribution is -2.35. The molecular formula is C30H35N3O2. The Hall–Kier alpha value is -3.21. The van der Waals surface area contributed by atoms with Crippen LogP contribution in [0.5, 0.6) is 0 Å². The molecule has 5 rings (SSSR count). The minimum Gasteiger partial charge on any atom is -0.481 e. The van der Waals surface area contributed by atoms with Gasteiger partial charge in [-0.1, -0.05) is 49.4 Å². The number of carboxylic acids is 1. The second-order valence-corrected chi connectivity index (χ2v) is 10.3. The normalized spacial score (nSPS) is 18.0. The lowest BCUT2D eigenvalue weighted by molar-refractivity contribution is -0.137. The van der Waals surface area contributed by atoms with E-state index in [1.165, 1.54) is 22.3 Å². The number of aromatic nitrogens is 2. The molecule has 5 heteroatoms. The van der Waals surface area contributed by atoms with Gasteiger partial charge in [-0.3, -0.25) is 4.79 Å². The van der Waals surface area contributed by atoms with Gasteiger partial charge in [0, 0.05) is 30.4 Å². The number of fused-ring (bicyclic) bond motifs is 1. The van der Waals surface area contributed by atoms with Gasteiger partial charge in [0.2, 0.25) is 0 Å². The van der Waals surface area contributed by atoms with Crippen molar-refractivity contribution in [1.82, 2.24) is 9.97 Å². The van der Waals surface area contributed by atoms with Crippen molar-refractivity contribution in [2.24, 2.45) is 5.92 Å². The number of carbonyl (C=O) groups is 1. The number of hydrogen-bond donors (Lipinski definition) is 1. The number of rotatable bonds is 7. The number of piperidine rings is 1. The minimum absolute atomic E-state index is 0.186. The molecule has 1 atom stereocenters. The molecule has 35 heavy (non-hydrogen) atoms. The van der Waals surface area contributed by atoms with Crippen LogP contribution in [-0.2, 0) is 24.1 Å². The van der Waals surface area contributed by atoms with Crippen LogP contribution in [0.1, 0.15) is 66.3 Å². The summed E-state index contributed by atoms with van der Waals surface area (Å²) in [6.45, 7) is 6.31. The van der Waals surface area contributed by atoms with Gasteiger partial charge in [0.05, 0.1) is 6.42 Å². The topological polar surface area (TPSA) is 66.3 Å². The Bertz CT molecular complexity index is 1200. The lowest BCUT2D eigenvalue weighted by Gasteiger charge is -2.34. The minimum atomic E-state index is -0.695. The Morgan fingerprint density at radius 2 is 1.80 bits per heavy atom. The summed E-state index contributed by atoms with van der Waals surface area (Å²) in [5.74, 6) is 2.03. The molecule has 1 aliphatic heterocycles. The van der Waals surface area contributed by atoms with Crippen molar-refractivity contribution in [2.45, 2.75) is 64.7 Å². The molecule has 1 aliphatic carbocycles. The summed E-state index contributed by atoms with van der Waals surface area (Å²) in [5.41, 5.74) is 7.54. The maximum atomic E-state index is 11.1. The first-order chi connectivity index (χ1) is 17.0. The number of benzene rings is 2. The molecule has 0 bridgehead atoms. The van der Waals surface area contributed by atoms with Gasteiger partial charge in [-0.15, -0.1) is 0 Å². The maximum absolute atomic E-state index is 11.1. The van der Waals surface area contributed by atoms with Crippen molar-refractivity contribution < 1.29 is 9.90 Å². The fourth-order valence-corrected chi connectivity index (χ4v) is 5.77. The first kappa shape index (κ1) is 23.5. The van der Waals surface area contributed by atoms with Crippen molar-refractivity contribution >= 4 is 11.8 Å². The van der Waals surface area contributed by atoms with Gasteiger partial charge >= 0.3 is 5.97 Å². The molecule has 1 saturated heterocycles. The van der Waals surface area contributed by atoms with Crippen LogP contribution in [0.2, 0.25) is 0 Å². The number of hydrogen-bond acceptors (Lipinski definition) is 4. The zero-order valence-electron chi connectivity index (χ0n) is 20.8. The highest BCUT2D eigenvalue weighted by atomic mass is 16.4. The second kappa shape index (κ2) is 10.2. The summed E-state index contributed by atoms with van der Waals surface area (Å²) in [6, 6.07) is 15.3. The van der Waals surface area contributed by atoms with E-state index < -0.39 is 5.97 Å². The van der Waals surface area contributed by atoms with Gasteiger partial charge in [-0.05, 0) is 79.5 Å². The number of aryl methyl sites for hydroxylation is 3. The molecular weight excluding hydrogens is 434 g/mol. The summed E-state index contributed by atoms with van der Waals surface area (Å²) < 4.78 is 0. The van der Waals surface area contributed by atoms with Crippen LogP contribution in [0.3, 0.4) is 0 Å². The first-order valence-corrected chi connectivity index (χ1v) is 13.0. The summed E-state index contributed by atoms with van der Waals surface area (Å²) in [5, 5.41) is 9.17. The Balaban J connectivity index is 1.22. The molecule has 0 saturated carbocycles. The Morgan fingerprint density at radius 3 is 2.51 bits per heavy atom. The van der Waals surface area contributed by atoms with Crippen molar-refractivity contribution in [3.8, 4) is 11.4 Å². The Labute approximate surface area is 208 Å². The predicted molar refractivity (Wildman–Crippen MR) is 140 cm³/mol. The second-order valence-electron chi connectivity index (χ2n) is 10.3. The van der Waals surface area contributed by atoms with Crippen LogP contribution in [0, 0.1) is 12.8 Å². The van der Waals surface area contributed by atoms with Crippen LogP contribution >= 0.6 is 0 Å². The van der Waals surface area contributed by atoms with Gasteiger partial charge in [0.15, 0.2) is 5.82 Å². The van der Waals surface area contributed by atoms with E-state index >= 15 is 0 Å². The molecule has 3 aromatic rings. The van der Waals surface area contributed by atoms with E-state index in [0.29, 0.717) is 5.92 Å². The molecule has 1 N–H and O–H groups in total. The third kappa shape index (κ3) is 5.24. The summed E-state index contributed by atoms with van der Waals surface area (Å²) in [4.78, 5) is 23.2. The molecule has 5 nitrogen and oxygen atoms in total. The smallest absolute Gasteiger partial charge is 0.303 e. The predicted octanol–water partition coefficient (Wildman–Crippen LogP) is 5.98. The summed E-state index contributed by atoms with van der Waals surface area (Å²) in [6.07, 6.45) is 8.63. The van der Waals surface area contributed by atoms with Gasteiger partial charge in [-0.2, -0.15) is 0 Å². The van der Waals surface area contributed by atoms with Crippen LogP contribution in [0.25, 0.3) is 11.4 Å². The van der Waals surface area contributed by atoms with Crippen molar-refractivity contribution in [2.75, 3.05) is 18.0 Å². The zero-order chi connectivity index (χ0) is 24.4. The summed E-state index contributed by atoms with van der Waals surface area (Å²) in [7, 11) is 0. The molecule has 0 spiro atoms. The average molecular weight is 470 g/mol. The number of carboxylic acid groups (broad SMARTS) is 1. The van der Waals surface area contributed by atoms with Gasteiger partial charge in [0.25, 0.3) is 0 Å². The number of anilines is 1. The van der Waals surface area contributed by atoms with E-state index in [9.17, 15) is 9.90 Å². The molecule has 2 heterocycles. The summed E-state index contributed by atoms with van der Waals surface area (Å²) >= 11 is 0. The monoisotopic (exact) mass is 469 g/mol. The van der Waals surface area contributed by atoms with Gasteiger partial charge in [-0.25, -0.2) is 9.97 Å². The fraction of sp³-hybridized carbons (Fsp3) is 0.433. The highest BCUT2D eigenvalue weighted by Crippen LogP contribution is 2.37. The number of nitrogens with zero attached hydrogens (tertiary/aromatic N) is 3. The Morgan fingerprint density at radius 1 is 1.06 bits per heavy atom. The van der Waals surface area contributed by atoms with E-state index in [0.717, 1.165) is 74.4 Å². The standard InChI is InChI=1S/C30H35N3O2/c1-3-21-4-7-24(8-5-21)29-31-19-20(2)30(32-29)33-14-12-22(13-15-33)16-23-6-11-27-25(17-23)9-10-26(27)18-28(34)35/h4-8,11,17,19,22,26H,3,9-10,12-16,18H2,1-2H3,(H,34,35)/t26-/m0/s1. The van der Waals surface area contributed by atoms with Crippen LogP contribution in [0.15, 0.2) is 48.7 Å². The van der Waals surface area contributed by atoms with E-state index in [4.69, 9.17) is 4.98 Å². The van der Waals surface area contributed by atoms with Crippen molar-refractivity contribution in [3.05, 3.63) is 76.5 Å². The number of aliphatic carboxylic acids is 1. The molecule has 0 radical (unpaired) electrons. The van der Waals surface area contributed by atoms with Gasteiger partial charge < -0.3 is 10.0 Å². The lowest BCUT2D eigenvalue weighted by atomic mass is 9.88. The molecule has 1 fully saturated rings. The third-order valence-corrected chi connectivity index (χ3v) is 7.83. The molecule has 0 unspecified atom stereocenters. The van der Waals surface area contributed by atoms with Crippen LogP contribution in [-0.4, -0.2) is 34.1 Å². The fourth-order valence-electron chi connectivity index (χ4n) is 5.77. The SMILES string of the molecule is CCc1ccc(-c2ncc(C)c(N3CCC(Cc4ccc5c(c4)CC[C@H]5CC(=O)O)CC3)n2)cc1. The van der Waals surface area contributed by atoms with Crippen LogP contribution in [0.4, 0.5) is 5.82 Å². The molecule has 2 aromatic carbocycles. The van der Waals surface area contributed by atoms with E-state index in [1.54, 1.807) is 0 Å². The highest BCUT2D eigenvalue weighted by molar-refractivity contribution is 5.68. The average Bonchev–Trinajstić information content (AvgIpc) is 3.26. The first-order valence-electron chi connectivity index (χ1n) is 13.0.